The van der Waals surface area contributed by atoms with Gasteiger partial charge in [-0.15, -0.1) is 0 Å². The molecule has 1 aromatic carbocycles. The largest absolute Gasteiger partial charge is 0.478 e. The van der Waals surface area contributed by atoms with Gasteiger partial charge in [0, 0.05) is 13.1 Å². The molecule has 0 aliphatic heterocycles. The maximum Gasteiger partial charge on any atom is 0.416 e. The smallest absolute Gasteiger partial charge is 0.416 e. The summed E-state index contributed by atoms with van der Waals surface area (Å²) in [6.07, 6.45) is -4.62. The summed E-state index contributed by atoms with van der Waals surface area (Å²) in [4.78, 5) is 24.1. The van der Waals surface area contributed by atoms with Crippen molar-refractivity contribution in [3.63, 3.8) is 0 Å². The molecule has 0 saturated heterocycles. The number of benzene rings is 1. The first kappa shape index (κ1) is 16.8. The van der Waals surface area contributed by atoms with E-state index in [2.05, 4.69) is 5.32 Å². The zero-order valence-corrected chi connectivity index (χ0v) is 11.7. The molecule has 0 aromatic heterocycles. The van der Waals surface area contributed by atoms with E-state index in [4.69, 9.17) is 5.11 Å². The van der Waals surface area contributed by atoms with E-state index in [0.29, 0.717) is 12.1 Å². The molecule has 1 rings (SSSR count). The number of nitrogens with one attached hydrogen (secondary N) is 1. The van der Waals surface area contributed by atoms with Crippen molar-refractivity contribution in [2.45, 2.75) is 26.1 Å². The van der Waals surface area contributed by atoms with E-state index in [9.17, 15) is 22.8 Å². The van der Waals surface area contributed by atoms with Crippen LogP contribution in [0.15, 0.2) is 18.2 Å². The summed E-state index contributed by atoms with van der Waals surface area (Å²) >= 11 is 0. The van der Waals surface area contributed by atoms with Gasteiger partial charge in [-0.1, -0.05) is 0 Å². The number of nitrogens with zero attached hydrogens (tertiary/aromatic N) is 1. The molecule has 0 saturated carbocycles. The van der Waals surface area contributed by atoms with Gasteiger partial charge in [-0.25, -0.2) is 9.59 Å². The lowest BCUT2D eigenvalue weighted by atomic mass is 10.1. The molecule has 0 heterocycles. The summed E-state index contributed by atoms with van der Waals surface area (Å²) in [5, 5.41) is 11.2. The molecule has 0 radical (unpaired) electrons. The van der Waals surface area contributed by atoms with Gasteiger partial charge < -0.3 is 15.3 Å². The Balaban J connectivity index is 3.19. The number of alkyl halides is 3. The number of hydrogen-bond acceptors (Lipinski definition) is 2. The summed E-state index contributed by atoms with van der Waals surface area (Å²) in [5.41, 5.74) is -1.83. The number of carbonyl (C=O) groups is 2. The molecule has 0 aliphatic rings. The minimum atomic E-state index is -4.62. The van der Waals surface area contributed by atoms with Crippen LogP contribution in [-0.4, -0.2) is 35.1 Å². The van der Waals surface area contributed by atoms with Crippen LogP contribution in [0.2, 0.25) is 0 Å². The number of hydrogen-bond donors (Lipinski definition) is 2. The van der Waals surface area contributed by atoms with Crippen molar-refractivity contribution in [3.05, 3.63) is 29.3 Å². The number of amides is 2. The van der Waals surface area contributed by atoms with Gasteiger partial charge in [-0.2, -0.15) is 13.2 Å². The number of carboxylic acids is 1. The van der Waals surface area contributed by atoms with Crippen LogP contribution in [0.4, 0.5) is 23.7 Å². The minimum absolute atomic E-state index is 0.191. The Morgan fingerprint density at radius 3 is 2.29 bits per heavy atom. The number of anilines is 1. The lowest BCUT2D eigenvalue weighted by Gasteiger charge is -2.22. The Bertz CT molecular complexity index is 556. The molecule has 0 unspecified atom stereocenters. The average Bonchev–Trinajstić information content (AvgIpc) is 2.36. The molecule has 0 spiro atoms. The van der Waals surface area contributed by atoms with Crippen LogP contribution in [0.1, 0.15) is 29.8 Å². The van der Waals surface area contributed by atoms with E-state index in [1.807, 2.05) is 0 Å². The van der Waals surface area contributed by atoms with E-state index in [0.717, 1.165) is 6.07 Å². The monoisotopic (exact) mass is 304 g/mol. The van der Waals surface area contributed by atoms with Crippen molar-refractivity contribution in [2.24, 2.45) is 0 Å². The average molecular weight is 304 g/mol. The first-order valence-electron chi connectivity index (χ1n) is 6.02. The summed E-state index contributed by atoms with van der Waals surface area (Å²) in [6.45, 7) is 3.42. The molecule has 116 valence electrons. The van der Waals surface area contributed by atoms with E-state index in [-0.39, 0.29) is 6.04 Å². The topological polar surface area (TPSA) is 69.6 Å². The number of carbonyl (C=O) groups excluding carboxylic acids is 1. The lowest BCUT2D eigenvalue weighted by molar-refractivity contribution is -0.137. The SMILES string of the molecule is CC(C)N(C)C(=O)Nc1cc(C(F)(F)F)ccc1C(=O)O. The zero-order valence-electron chi connectivity index (χ0n) is 11.7. The van der Waals surface area contributed by atoms with Gasteiger partial charge in [0.05, 0.1) is 16.8 Å². The van der Waals surface area contributed by atoms with E-state index in [1.54, 1.807) is 13.8 Å². The van der Waals surface area contributed by atoms with Crippen LogP contribution in [0, 0.1) is 0 Å². The third-order valence-corrected chi connectivity index (χ3v) is 2.91. The van der Waals surface area contributed by atoms with Gasteiger partial charge in [0.15, 0.2) is 0 Å². The Kier molecular flexibility index (Phi) is 4.82. The second-order valence-corrected chi connectivity index (χ2v) is 4.70. The second kappa shape index (κ2) is 6.02. The lowest BCUT2D eigenvalue weighted by Crippen LogP contribution is -2.36. The highest BCUT2D eigenvalue weighted by molar-refractivity contribution is 6.00. The maximum atomic E-state index is 12.7. The molecule has 5 nitrogen and oxygen atoms in total. The number of urea groups is 1. The van der Waals surface area contributed by atoms with Crippen LogP contribution in [0.3, 0.4) is 0 Å². The van der Waals surface area contributed by atoms with E-state index < -0.39 is 35.0 Å². The van der Waals surface area contributed by atoms with Crippen molar-refractivity contribution >= 4 is 17.7 Å². The number of rotatable bonds is 3. The molecule has 21 heavy (non-hydrogen) atoms. The Hall–Kier alpha value is -2.25. The third kappa shape index (κ3) is 4.11. The van der Waals surface area contributed by atoms with Gasteiger partial charge in [0.25, 0.3) is 0 Å². The van der Waals surface area contributed by atoms with Crippen LogP contribution in [0.5, 0.6) is 0 Å². The van der Waals surface area contributed by atoms with Crippen LogP contribution in [0.25, 0.3) is 0 Å². The second-order valence-electron chi connectivity index (χ2n) is 4.70. The Morgan fingerprint density at radius 1 is 1.29 bits per heavy atom. The number of aromatic carboxylic acids is 1. The molecule has 0 atom stereocenters. The molecular formula is C13H15F3N2O3. The molecule has 8 heteroatoms. The van der Waals surface area contributed by atoms with Crippen LogP contribution < -0.4 is 5.32 Å². The third-order valence-electron chi connectivity index (χ3n) is 2.91. The normalized spacial score (nSPS) is 11.4. The van der Waals surface area contributed by atoms with Crippen molar-refractivity contribution < 1.29 is 27.9 Å². The first-order valence-corrected chi connectivity index (χ1v) is 6.02. The standard InChI is InChI=1S/C13H15F3N2O3/c1-7(2)18(3)12(21)17-10-6-8(13(14,15)16)4-5-9(10)11(19)20/h4-7H,1-3H3,(H,17,21)(H,19,20). The molecule has 0 fully saturated rings. The van der Waals surface area contributed by atoms with Crippen molar-refractivity contribution in [3.8, 4) is 0 Å². The first-order chi connectivity index (χ1) is 9.54. The predicted molar refractivity (Wildman–Crippen MR) is 70.3 cm³/mol. The molecule has 0 bridgehead atoms. The molecule has 2 amide bonds. The van der Waals surface area contributed by atoms with Gasteiger partial charge in [-0.3, -0.25) is 0 Å². The number of halogens is 3. The van der Waals surface area contributed by atoms with E-state index >= 15 is 0 Å². The molecule has 2 N–H and O–H groups in total. The quantitative estimate of drug-likeness (QED) is 0.900. The highest BCUT2D eigenvalue weighted by Crippen LogP contribution is 2.32. The molecule has 0 aliphatic carbocycles. The summed E-state index contributed by atoms with van der Waals surface area (Å²) in [7, 11) is 1.45. The van der Waals surface area contributed by atoms with Crippen molar-refractivity contribution in [1.29, 1.82) is 0 Å². The van der Waals surface area contributed by atoms with Gasteiger partial charge in [0.1, 0.15) is 0 Å². The Labute approximate surface area is 119 Å². The molecular weight excluding hydrogens is 289 g/mol. The van der Waals surface area contributed by atoms with Gasteiger partial charge >= 0.3 is 18.2 Å². The highest BCUT2D eigenvalue weighted by Gasteiger charge is 2.32. The van der Waals surface area contributed by atoms with Crippen molar-refractivity contribution in [2.75, 3.05) is 12.4 Å². The van der Waals surface area contributed by atoms with Gasteiger partial charge in [0.2, 0.25) is 0 Å². The maximum absolute atomic E-state index is 12.7. The van der Waals surface area contributed by atoms with Crippen molar-refractivity contribution in [1.82, 2.24) is 4.90 Å². The van der Waals surface area contributed by atoms with Crippen LogP contribution in [-0.2, 0) is 6.18 Å². The fourth-order valence-electron chi connectivity index (χ4n) is 1.45. The Morgan fingerprint density at radius 2 is 1.86 bits per heavy atom. The summed E-state index contributed by atoms with van der Waals surface area (Å²) < 4.78 is 38.0. The predicted octanol–water partition coefficient (Wildman–Crippen LogP) is 3.28. The van der Waals surface area contributed by atoms with Gasteiger partial charge in [-0.05, 0) is 32.0 Å². The number of carboxylic acid groups (broad SMARTS) is 1. The fraction of sp³-hybridized carbons (Fsp3) is 0.385. The highest BCUT2D eigenvalue weighted by atomic mass is 19.4. The molecule has 1 aromatic rings. The fourth-order valence-corrected chi connectivity index (χ4v) is 1.45. The zero-order chi connectivity index (χ0) is 16.4. The summed E-state index contributed by atoms with van der Waals surface area (Å²) in [5.74, 6) is -1.42. The van der Waals surface area contributed by atoms with E-state index in [1.165, 1.54) is 11.9 Å². The van der Waals surface area contributed by atoms with Crippen LogP contribution >= 0.6 is 0 Å². The summed E-state index contributed by atoms with van der Waals surface area (Å²) in [6, 6.07) is 1.20. The minimum Gasteiger partial charge on any atom is -0.478 e.